The summed E-state index contributed by atoms with van der Waals surface area (Å²) in [5.41, 5.74) is 1.82. The zero-order chi connectivity index (χ0) is 25.5. The number of carbonyl (C=O) groups is 1. The molecule has 0 fully saturated rings. The number of ether oxygens (including phenoxy) is 2. The quantitative estimate of drug-likeness (QED) is 0.361. The molecule has 0 saturated heterocycles. The fourth-order valence-electron chi connectivity index (χ4n) is 3.61. The average molecular weight is 485 g/mol. The molecule has 0 aliphatic carbocycles. The molecule has 0 radical (unpaired) electrons. The van der Waals surface area contributed by atoms with Gasteiger partial charge in [0.25, 0.3) is 5.91 Å². The number of benzene rings is 3. The van der Waals surface area contributed by atoms with E-state index in [1.54, 1.807) is 12.1 Å². The number of hydrogen-bond donors (Lipinski definition) is 1. The van der Waals surface area contributed by atoms with Gasteiger partial charge in [0.2, 0.25) is 0 Å². The summed E-state index contributed by atoms with van der Waals surface area (Å²) in [6.07, 6.45) is 1.45. The van der Waals surface area contributed by atoms with E-state index in [2.05, 4.69) is 16.4 Å². The Balaban J connectivity index is 1.51. The standard InChI is InChI=1S/C28H21F2N3O3/c1-35-25-10-8-20(29)14-22(25)28(34)33-16-19-7-9-21(24(30)13-19)27-23(15-31)26(11-12-32-27)36-17-18-5-3-2-4-6-18/h2-14H,16-17H2,1H3,(H,33,34). The van der Waals surface area contributed by atoms with Gasteiger partial charge in [0.05, 0.1) is 18.4 Å². The van der Waals surface area contributed by atoms with Gasteiger partial charge in [-0.1, -0.05) is 36.4 Å². The summed E-state index contributed by atoms with van der Waals surface area (Å²) < 4.78 is 39.6. The van der Waals surface area contributed by atoms with Crippen molar-refractivity contribution in [2.75, 3.05) is 7.11 Å². The van der Waals surface area contributed by atoms with Gasteiger partial charge in [-0.3, -0.25) is 9.78 Å². The molecule has 0 aliphatic rings. The summed E-state index contributed by atoms with van der Waals surface area (Å²) in [6.45, 7) is 0.241. The molecule has 4 aromatic rings. The summed E-state index contributed by atoms with van der Waals surface area (Å²) in [7, 11) is 1.38. The van der Waals surface area contributed by atoms with E-state index >= 15 is 4.39 Å². The Hall–Kier alpha value is -4.77. The maximum Gasteiger partial charge on any atom is 0.255 e. The summed E-state index contributed by atoms with van der Waals surface area (Å²) in [6, 6.07) is 21.1. The Labute approximate surface area is 206 Å². The van der Waals surface area contributed by atoms with Crippen LogP contribution in [0.1, 0.15) is 27.0 Å². The molecule has 1 heterocycles. The van der Waals surface area contributed by atoms with Crippen LogP contribution >= 0.6 is 0 Å². The van der Waals surface area contributed by atoms with Crippen molar-refractivity contribution in [1.29, 1.82) is 5.26 Å². The molecular formula is C28H21F2N3O3. The predicted molar refractivity (Wildman–Crippen MR) is 129 cm³/mol. The molecule has 0 saturated carbocycles. The highest BCUT2D eigenvalue weighted by atomic mass is 19.1. The lowest BCUT2D eigenvalue weighted by Crippen LogP contribution is -2.23. The highest BCUT2D eigenvalue weighted by Crippen LogP contribution is 2.31. The molecule has 36 heavy (non-hydrogen) atoms. The minimum Gasteiger partial charge on any atom is -0.496 e. The van der Waals surface area contributed by atoms with Crippen LogP contribution < -0.4 is 14.8 Å². The molecule has 0 unspecified atom stereocenters. The second-order valence-corrected chi connectivity index (χ2v) is 7.76. The number of hydrogen-bond acceptors (Lipinski definition) is 5. The van der Waals surface area contributed by atoms with Crippen LogP contribution in [0.5, 0.6) is 11.5 Å². The van der Waals surface area contributed by atoms with E-state index in [4.69, 9.17) is 9.47 Å². The molecule has 180 valence electrons. The fraction of sp³-hybridized carbons (Fsp3) is 0.107. The van der Waals surface area contributed by atoms with Gasteiger partial charge in [-0.2, -0.15) is 5.26 Å². The first-order valence-corrected chi connectivity index (χ1v) is 11.0. The number of nitriles is 1. The predicted octanol–water partition coefficient (Wildman–Crippen LogP) is 5.42. The van der Waals surface area contributed by atoms with Crippen LogP contribution in [-0.4, -0.2) is 18.0 Å². The van der Waals surface area contributed by atoms with E-state index in [1.807, 2.05) is 30.3 Å². The zero-order valence-corrected chi connectivity index (χ0v) is 19.3. The van der Waals surface area contributed by atoms with Crippen molar-refractivity contribution in [1.82, 2.24) is 10.3 Å². The molecular weight excluding hydrogens is 464 g/mol. The van der Waals surface area contributed by atoms with Gasteiger partial charge in [0.15, 0.2) is 0 Å². The SMILES string of the molecule is COc1ccc(F)cc1C(=O)NCc1ccc(-c2nccc(OCc3ccccc3)c2C#N)c(F)c1. The lowest BCUT2D eigenvalue weighted by molar-refractivity contribution is 0.0947. The third-order valence-corrected chi connectivity index (χ3v) is 5.41. The van der Waals surface area contributed by atoms with E-state index in [0.29, 0.717) is 11.3 Å². The van der Waals surface area contributed by atoms with Crippen molar-refractivity contribution >= 4 is 5.91 Å². The van der Waals surface area contributed by atoms with Crippen LogP contribution in [0, 0.1) is 23.0 Å². The van der Waals surface area contributed by atoms with E-state index < -0.39 is 17.5 Å². The van der Waals surface area contributed by atoms with E-state index in [1.165, 1.54) is 37.6 Å². The maximum absolute atomic E-state index is 15.1. The van der Waals surface area contributed by atoms with Gasteiger partial charge < -0.3 is 14.8 Å². The van der Waals surface area contributed by atoms with Crippen molar-refractivity contribution < 1.29 is 23.0 Å². The summed E-state index contributed by atoms with van der Waals surface area (Å²) in [5.74, 6) is -1.24. The highest BCUT2D eigenvalue weighted by molar-refractivity contribution is 5.96. The molecule has 0 spiro atoms. The highest BCUT2D eigenvalue weighted by Gasteiger charge is 2.18. The van der Waals surface area contributed by atoms with Crippen LogP contribution in [0.3, 0.4) is 0 Å². The number of rotatable bonds is 8. The number of carbonyl (C=O) groups excluding carboxylic acids is 1. The molecule has 3 aromatic carbocycles. The molecule has 8 heteroatoms. The average Bonchev–Trinajstić information content (AvgIpc) is 2.91. The third kappa shape index (κ3) is 5.47. The van der Waals surface area contributed by atoms with Gasteiger partial charge in [0.1, 0.15) is 41.4 Å². The molecule has 0 aliphatic heterocycles. The molecule has 1 N–H and O–H groups in total. The number of pyridine rings is 1. The lowest BCUT2D eigenvalue weighted by Gasteiger charge is -2.12. The van der Waals surface area contributed by atoms with Gasteiger partial charge in [-0.15, -0.1) is 0 Å². The lowest BCUT2D eigenvalue weighted by atomic mass is 10.0. The minimum absolute atomic E-state index is 0.00549. The molecule has 1 amide bonds. The Kier molecular flexibility index (Phi) is 7.51. The van der Waals surface area contributed by atoms with Crippen molar-refractivity contribution in [3.8, 4) is 28.8 Å². The molecule has 0 atom stereocenters. The molecule has 4 rings (SSSR count). The monoisotopic (exact) mass is 485 g/mol. The summed E-state index contributed by atoms with van der Waals surface area (Å²) >= 11 is 0. The van der Waals surface area contributed by atoms with Gasteiger partial charge in [-0.25, -0.2) is 8.78 Å². The number of methoxy groups -OCH3 is 1. The largest absolute Gasteiger partial charge is 0.496 e. The third-order valence-electron chi connectivity index (χ3n) is 5.41. The normalized spacial score (nSPS) is 10.4. The van der Waals surface area contributed by atoms with Crippen molar-refractivity contribution in [3.05, 3.63) is 113 Å². The van der Waals surface area contributed by atoms with Gasteiger partial charge >= 0.3 is 0 Å². The topological polar surface area (TPSA) is 84.2 Å². The number of nitrogens with zero attached hydrogens (tertiary/aromatic N) is 2. The van der Waals surface area contributed by atoms with Crippen molar-refractivity contribution in [2.24, 2.45) is 0 Å². The Morgan fingerprint density at radius 2 is 1.81 bits per heavy atom. The number of aromatic nitrogens is 1. The Morgan fingerprint density at radius 3 is 2.53 bits per heavy atom. The van der Waals surface area contributed by atoms with Gasteiger partial charge in [-0.05, 0) is 47.5 Å². The van der Waals surface area contributed by atoms with E-state index in [9.17, 15) is 14.4 Å². The van der Waals surface area contributed by atoms with Crippen LogP contribution in [0.2, 0.25) is 0 Å². The fourth-order valence-corrected chi connectivity index (χ4v) is 3.61. The Morgan fingerprint density at radius 1 is 1.00 bits per heavy atom. The van der Waals surface area contributed by atoms with Crippen LogP contribution in [-0.2, 0) is 13.2 Å². The molecule has 1 aromatic heterocycles. The van der Waals surface area contributed by atoms with Crippen LogP contribution in [0.15, 0.2) is 79.0 Å². The second kappa shape index (κ2) is 11.1. The Bertz CT molecular complexity index is 1440. The zero-order valence-electron chi connectivity index (χ0n) is 19.3. The summed E-state index contributed by atoms with van der Waals surface area (Å²) in [5, 5.41) is 12.4. The van der Waals surface area contributed by atoms with E-state index in [-0.39, 0.29) is 41.3 Å². The first kappa shape index (κ1) is 24.4. The number of halogens is 2. The van der Waals surface area contributed by atoms with Crippen molar-refractivity contribution in [3.63, 3.8) is 0 Å². The first-order chi connectivity index (χ1) is 17.5. The van der Waals surface area contributed by atoms with Crippen LogP contribution in [0.4, 0.5) is 8.78 Å². The number of amides is 1. The minimum atomic E-state index is -0.616. The van der Waals surface area contributed by atoms with Gasteiger partial charge in [0, 0.05) is 18.3 Å². The van der Waals surface area contributed by atoms with E-state index in [0.717, 1.165) is 11.6 Å². The smallest absolute Gasteiger partial charge is 0.255 e. The maximum atomic E-state index is 15.1. The first-order valence-electron chi connectivity index (χ1n) is 11.0. The molecule has 0 bridgehead atoms. The number of nitrogens with one attached hydrogen (secondary N) is 1. The summed E-state index contributed by atoms with van der Waals surface area (Å²) in [4.78, 5) is 16.7. The van der Waals surface area contributed by atoms with Crippen LogP contribution in [0.25, 0.3) is 11.3 Å². The van der Waals surface area contributed by atoms with Crippen molar-refractivity contribution in [2.45, 2.75) is 13.2 Å². The molecule has 6 nitrogen and oxygen atoms in total. The second-order valence-electron chi connectivity index (χ2n) is 7.76.